The van der Waals surface area contributed by atoms with E-state index in [4.69, 9.17) is 11.6 Å². The molecule has 0 bridgehead atoms. The average molecular weight is 1410 g/mol. The molecule has 3 saturated heterocycles. The molecule has 1 spiro atoms. The number of rotatable bonds is 10. The molecule has 7 aliphatic rings. The quantitative estimate of drug-likeness (QED) is 0.235. The number of nitrogens with zero attached hydrogens (tertiary/aromatic N) is 9. The van der Waals surface area contributed by atoms with Crippen LogP contribution in [0, 0.1) is 35.5 Å². The molecule has 0 radical (unpaired) electrons. The van der Waals surface area contributed by atoms with E-state index in [2.05, 4.69) is 16.0 Å². The van der Waals surface area contributed by atoms with Crippen LogP contribution in [0.5, 0.6) is 0 Å². The van der Waals surface area contributed by atoms with Crippen LogP contribution in [0.25, 0.3) is 0 Å². The Bertz CT molecular complexity index is 2870. The molecule has 0 aromatic rings. The van der Waals surface area contributed by atoms with Crippen molar-refractivity contribution in [1.82, 2.24) is 60.0 Å². The SMILES string of the molecule is CC[C@H](C)[C@@H]1NC(=O)[C@H](C2CCC2)N(C)C(=O)C[C@@H](C(=O)N2CCCCC2)N(C)C(=O)[C@H](C(C)C)N(C)C(=O)C2(CCCC2)NC(=O)[C@@H]2CCCN2C(=O)[C@H](CCC2CCC(C(F)(F)F)C(Cl)C2)NC(=O)CN(C)C(=O)[C@H](CC2CCCCC2)N(C)C(=O)CN(C)C(=O)CN(C)C1=O. The van der Waals surface area contributed by atoms with Crippen molar-refractivity contribution in [1.29, 1.82) is 0 Å². The van der Waals surface area contributed by atoms with Gasteiger partial charge >= 0.3 is 6.18 Å². The molecule has 3 aliphatic heterocycles. The molecule has 0 aromatic heterocycles. The third-order valence-electron chi connectivity index (χ3n) is 22.8. The minimum Gasteiger partial charge on any atom is -0.343 e. The summed E-state index contributed by atoms with van der Waals surface area (Å²) in [5.74, 6) is -10.9. The summed E-state index contributed by atoms with van der Waals surface area (Å²) in [5.41, 5.74) is -1.56. The van der Waals surface area contributed by atoms with Gasteiger partial charge in [-0.05, 0) is 126 Å². The highest BCUT2D eigenvalue weighted by Gasteiger charge is 2.52. The van der Waals surface area contributed by atoms with Crippen molar-refractivity contribution in [2.75, 3.05) is 88.6 Å². The van der Waals surface area contributed by atoms with Gasteiger partial charge in [-0.15, -0.1) is 11.6 Å². The van der Waals surface area contributed by atoms with Crippen LogP contribution in [0.1, 0.15) is 188 Å². The average Bonchev–Trinajstić information content (AvgIpc) is 1.43. The van der Waals surface area contributed by atoms with Crippen molar-refractivity contribution in [3.8, 4) is 0 Å². The lowest BCUT2D eigenvalue weighted by atomic mass is 9.78. The number of carbonyl (C=O) groups is 12. The van der Waals surface area contributed by atoms with Crippen LogP contribution in [0.2, 0.25) is 0 Å². The van der Waals surface area contributed by atoms with E-state index in [9.17, 15) is 46.7 Å². The molecule has 98 heavy (non-hydrogen) atoms. The molecule has 4 saturated carbocycles. The van der Waals surface area contributed by atoms with Gasteiger partial charge in [0.1, 0.15) is 47.8 Å². The van der Waals surface area contributed by atoms with Gasteiger partial charge in [-0.25, -0.2) is 0 Å². The van der Waals surface area contributed by atoms with Crippen molar-refractivity contribution >= 4 is 82.5 Å². The number of halogens is 4. The van der Waals surface area contributed by atoms with E-state index in [-0.39, 0.29) is 82.1 Å². The van der Waals surface area contributed by atoms with Crippen LogP contribution < -0.4 is 16.0 Å². The molecule has 28 heteroatoms. The molecular weight excluding hydrogens is 1290 g/mol. The Morgan fingerprint density at radius 2 is 1.21 bits per heavy atom. The van der Waals surface area contributed by atoms with Gasteiger partial charge in [0.15, 0.2) is 0 Å². The first-order valence-corrected chi connectivity index (χ1v) is 36.7. The minimum atomic E-state index is -4.51. The number of likely N-dealkylation sites (N-methyl/N-ethyl adjacent to an activating group) is 7. The Kier molecular flexibility index (Phi) is 28.1. The van der Waals surface area contributed by atoms with Gasteiger partial charge in [0.2, 0.25) is 70.9 Å². The number of fused-ring (bicyclic) bond motifs is 1. The summed E-state index contributed by atoms with van der Waals surface area (Å²) in [5, 5.41) is 7.59. The molecule has 24 nitrogen and oxygen atoms in total. The first kappa shape index (κ1) is 79.1. The number of hydrogen-bond acceptors (Lipinski definition) is 12. The second-order valence-electron chi connectivity index (χ2n) is 30.1. The van der Waals surface area contributed by atoms with Crippen LogP contribution in [-0.2, 0) is 57.5 Å². The molecule has 552 valence electrons. The third kappa shape index (κ3) is 19.2. The summed E-state index contributed by atoms with van der Waals surface area (Å²) < 4.78 is 41.9. The van der Waals surface area contributed by atoms with E-state index in [0.29, 0.717) is 64.5 Å². The molecule has 3 unspecified atom stereocenters. The van der Waals surface area contributed by atoms with Gasteiger partial charge < -0.3 is 60.0 Å². The lowest BCUT2D eigenvalue weighted by Gasteiger charge is -2.42. The summed E-state index contributed by atoms with van der Waals surface area (Å²) in [4.78, 5) is 190. The molecule has 11 atom stereocenters. The van der Waals surface area contributed by atoms with Crippen molar-refractivity contribution in [3.05, 3.63) is 0 Å². The highest BCUT2D eigenvalue weighted by Crippen LogP contribution is 2.44. The maximum Gasteiger partial charge on any atom is 0.393 e. The molecule has 4 aliphatic carbocycles. The van der Waals surface area contributed by atoms with Crippen molar-refractivity contribution < 1.29 is 70.7 Å². The zero-order valence-electron chi connectivity index (χ0n) is 59.9. The number of amides is 12. The number of piperidine rings is 1. The van der Waals surface area contributed by atoms with E-state index < -0.39 is 174 Å². The first-order chi connectivity index (χ1) is 46.2. The van der Waals surface area contributed by atoms with E-state index in [0.717, 1.165) is 54.7 Å². The van der Waals surface area contributed by atoms with Crippen LogP contribution in [0.4, 0.5) is 13.2 Å². The van der Waals surface area contributed by atoms with Crippen molar-refractivity contribution in [2.24, 2.45) is 35.5 Å². The number of nitrogens with one attached hydrogen (secondary N) is 3. The summed E-state index contributed by atoms with van der Waals surface area (Å²) >= 11 is 6.39. The monoisotopic (exact) mass is 1400 g/mol. The van der Waals surface area contributed by atoms with Gasteiger partial charge in [0.05, 0.1) is 32.0 Å². The van der Waals surface area contributed by atoms with E-state index in [1.165, 1.54) is 78.7 Å². The summed E-state index contributed by atoms with van der Waals surface area (Å²) in [6.45, 7) is 6.33. The third-order valence-corrected chi connectivity index (χ3v) is 23.3. The number of alkyl halides is 4. The summed E-state index contributed by atoms with van der Waals surface area (Å²) in [7, 11) is 10.0. The maximum atomic E-state index is 15.4. The van der Waals surface area contributed by atoms with Gasteiger partial charge in [0, 0.05) is 74.3 Å². The van der Waals surface area contributed by atoms with Gasteiger partial charge in [-0.1, -0.05) is 85.5 Å². The first-order valence-electron chi connectivity index (χ1n) is 36.2. The Morgan fingerprint density at radius 3 is 1.81 bits per heavy atom. The molecule has 3 N–H and O–H groups in total. The molecule has 0 aromatic carbocycles. The topological polar surface area (TPSA) is 270 Å². The van der Waals surface area contributed by atoms with Crippen molar-refractivity contribution in [2.45, 2.75) is 248 Å². The smallest absolute Gasteiger partial charge is 0.343 e. The van der Waals surface area contributed by atoms with Gasteiger partial charge in [0.25, 0.3) is 0 Å². The van der Waals surface area contributed by atoms with Crippen molar-refractivity contribution in [3.63, 3.8) is 0 Å². The largest absolute Gasteiger partial charge is 0.393 e. The minimum absolute atomic E-state index is 0.000973. The highest BCUT2D eigenvalue weighted by molar-refractivity contribution is 6.21. The van der Waals surface area contributed by atoms with Crippen LogP contribution in [-0.4, -0.2) is 263 Å². The predicted octanol–water partition coefficient (Wildman–Crippen LogP) is 5.31. The Morgan fingerprint density at radius 1 is 0.592 bits per heavy atom. The molecule has 12 amide bonds. The fraction of sp³-hybridized carbons (Fsp3) is 0.829. The predicted molar refractivity (Wildman–Crippen MR) is 361 cm³/mol. The maximum absolute atomic E-state index is 15.4. The fourth-order valence-corrected chi connectivity index (χ4v) is 16.7. The Balaban J connectivity index is 1.25. The second-order valence-corrected chi connectivity index (χ2v) is 30.6. The highest BCUT2D eigenvalue weighted by atomic mass is 35.5. The van der Waals surface area contributed by atoms with Gasteiger partial charge in [-0.3, -0.25) is 57.5 Å². The zero-order valence-corrected chi connectivity index (χ0v) is 60.7. The molecule has 3 heterocycles. The Hall–Kier alpha value is -6.28. The summed E-state index contributed by atoms with van der Waals surface area (Å²) in [6, 6.07) is -8.50. The standard InChI is InChI=1S/C70H112ClF3N12O12/c1-12-44(4)58-66(96)80(7)41-56(89)78(5)42-57(90)81(8)52(38-45-23-15-13-16-24-45)64(94)79(6)40-54(87)75-50(31-29-46-28-30-48(49(71)37-46)70(72,73)74)63(93)86-36-22-27-51(86)61(91)77-69(32-17-18-33-69)68(98)84(11)59(43(2)3)67(97)82(9)53(65(95)85-34-19-14-20-35-85)39-55(88)83(10)60(62(92)76-58)47-25-21-26-47/h43-53,58-60H,12-42H2,1-11H3,(H,75,87)(H,76,92)(H,77,91)/t44-,46?,48?,49?,50-,51-,52-,53-,58-,59-,60-/m0/s1. The lowest BCUT2D eigenvalue weighted by Crippen LogP contribution is -2.65. The van der Waals surface area contributed by atoms with Crippen LogP contribution in [0.15, 0.2) is 0 Å². The number of likely N-dealkylation sites (tertiary alicyclic amines) is 1. The van der Waals surface area contributed by atoms with Crippen LogP contribution in [0.3, 0.4) is 0 Å². The van der Waals surface area contributed by atoms with E-state index in [1.54, 1.807) is 25.7 Å². The van der Waals surface area contributed by atoms with Crippen LogP contribution >= 0.6 is 11.6 Å². The second kappa shape index (κ2) is 34.9. The summed E-state index contributed by atoms with van der Waals surface area (Å²) in [6.07, 6.45) is 6.18. The Labute approximate surface area is 582 Å². The number of hydrogen-bond donors (Lipinski definition) is 3. The number of carbonyl (C=O) groups excluding carboxylic acids is 12. The normalized spacial score (nSPS) is 30.2. The zero-order chi connectivity index (χ0) is 72.2. The van der Waals surface area contributed by atoms with E-state index >= 15 is 24.0 Å². The fourth-order valence-electron chi connectivity index (χ4n) is 16.1. The molecule has 7 rings (SSSR count). The van der Waals surface area contributed by atoms with E-state index in [1.807, 2.05) is 6.92 Å². The molecular formula is C70H112ClF3N12O12. The lowest BCUT2D eigenvalue weighted by molar-refractivity contribution is -0.182. The molecule has 7 fully saturated rings. The van der Waals surface area contributed by atoms with Gasteiger partial charge in [-0.2, -0.15) is 13.2 Å².